The molecule has 0 saturated heterocycles. The minimum Gasteiger partial charge on any atom is -0.385 e. The number of ether oxygens (including phenoxy) is 2. The maximum Gasteiger partial charge on any atom is 0.234 e. The van der Waals surface area contributed by atoms with Gasteiger partial charge < -0.3 is 14.8 Å². The second-order valence-electron chi connectivity index (χ2n) is 3.87. The summed E-state index contributed by atoms with van der Waals surface area (Å²) >= 11 is 0. The van der Waals surface area contributed by atoms with Crippen molar-refractivity contribution in [2.45, 2.75) is 12.8 Å². The van der Waals surface area contributed by atoms with Crippen LogP contribution in [0.1, 0.15) is 12.8 Å². The highest BCUT2D eigenvalue weighted by Crippen LogP contribution is 1.91. The Hall–Kier alpha value is -1.16. The second kappa shape index (κ2) is 12.3. The van der Waals surface area contributed by atoms with Crippen LogP contribution in [0.15, 0.2) is 0 Å². The Morgan fingerprint density at radius 3 is 2.61 bits per heavy atom. The molecule has 0 rings (SSSR count). The van der Waals surface area contributed by atoms with E-state index in [1.807, 2.05) is 4.90 Å². The first-order chi connectivity index (χ1) is 8.74. The zero-order valence-electron chi connectivity index (χ0n) is 11.3. The van der Waals surface area contributed by atoms with Crippen molar-refractivity contribution in [3.05, 3.63) is 0 Å². The molecule has 0 atom stereocenters. The third kappa shape index (κ3) is 10.0. The van der Waals surface area contributed by atoms with Gasteiger partial charge in [0.1, 0.15) is 0 Å². The summed E-state index contributed by atoms with van der Waals surface area (Å²) in [4.78, 5) is 13.5. The van der Waals surface area contributed by atoms with Gasteiger partial charge in [0.15, 0.2) is 0 Å². The maximum absolute atomic E-state index is 11.6. The summed E-state index contributed by atoms with van der Waals surface area (Å²) < 4.78 is 9.87. The van der Waals surface area contributed by atoms with Crippen LogP contribution >= 0.6 is 0 Å². The molecule has 0 aromatic carbocycles. The number of hydrogen-bond donors (Lipinski definition) is 1. The zero-order valence-corrected chi connectivity index (χ0v) is 11.3. The third-order valence-electron chi connectivity index (χ3n) is 2.37. The number of carbonyl (C=O) groups excluding carboxylic acids is 1. The van der Waals surface area contributed by atoms with E-state index in [2.05, 4.69) is 11.4 Å². The Balaban J connectivity index is 3.82. The SMILES string of the molecule is COCCCNC(=O)CN(CCC#N)CCOC. The smallest absolute Gasteiger partial charge is 0.234 e. The van der Waals surface area contributed by atoms with Crippen LogP contribution < -0.4 is 5.32 Å². The minimum atomic E-state index is -0.0276. The first-order valence-corrected chi connectivity index (χ1v) is 6.08. The van der Waals surface area contributed by atoms with Crippen LogP contribution in [0.5, 0.6) is 0 Å². The van der Waals surface area contributed by atoms with Gasteiger partial charge in [0.2, 0.25) is 5.91 Å². The molecule has 0 spiro atoms. The lowest BCUT2D eigenvalue weighted by atomic mass is 10.3. The highest BCUT2D eigenvalue weighted by molar-refractivity contribution is 5.77. The monoisotopic (exact) mass is 257 g/mol. The normalized spacial score (nSPS) is 10.3. The van der Waals surface area contributed by atoms with E-state index in [0.717, 1.165) is 6.42 Å². The summed E-state index contributed by atoms with van der Waals surface area (Å²) in [6.07, 6.45) is 1.22. The molecule has 1 N–H and O–H groups in total. The van der Waals surface area contributed by atoms with Crippen molar-refractivity contribution < 1.29 is 14.3 Å². The molecule has 0 radical (unpaired) electrons. The zero-order chi connectivity index (χ0) is 13.6. The molecule has 0 aromatic heterocycles. The summed E-state index contributed by atoms with van der Waals surface area (Å²) in [7, 11) is 3.25. The fourth-order valence-corrected chi connectivity index (χ4v) is 1.40. The number of nitrogens with one attached hydrogen (secondary N) is 1. The van der Waals surface area contributed by atoms with Crippen LogP contribution in [0.3, 0.4) is 0 Å². The van der Waals surface area contributed by atoms with Crippen molar-refractivity contribution >= 4 is 5.91 Å². The number of hydrogen-bond acceptors (Lipinski definition) is 5. The number of amides is 1. The quantitative estimate of drug-likeness (QED) is 0.527. The lowest BCUT2D eigenvalue weighted by Gasteiger charge is -2.19. The summed E-state index contributed by atoms with van der Waals surface area (Å²) in [5, 5.41) is 11.4. The summed E-state index contributed by atoms with van der Waals surface area (Å²) in [5.74, 6) is -0.0276. The Bertz CT molecular complexity index is 253. The minimum absolute atomic E-state index is 0.0276. The second-order valence-corrected chi connectivity index (χ2v) is 3.87. The van der Waals surface area contributed by atoms with Crippen molar-refractivity contribution in [3.63, 3.8) is 0 Å². The lowest BCUT2D eigenvalue weighted by Crippen LogP contribution is -2.39. The molecule has 0 bridgehead atoms. The van der Waals surface area contributed by atoms with Gasteiger partial charge in [-0.3, -0.25) is 9.69 Å². The van der Waals surface area contributed by atoms with E-state index >= 15 is 0 Å². The van der Waals surface area contributed by atoms with E-state index in [-0.39, 0.29) is 5.91 Å². The highest BCUT2D eigenvalue weighted by atomic mass is 16.5. The predicted molar refractivity (Wildman–Crippen MR) is 68.0 cm³/mol. The molecule has 0 unspecified atom stereocenters. The lowest BCUT2D eigenvalue weighted by molar-refractivity contribution is -0.122. The number of rotatable bonds is 11. The molecule has 0 saturated carbocycles. The van der Waals surface area contributed by atoms with Gasteiger partial charge in [-0.1, -0.05) is 0 Å². The van der Waals surface area contributed by atoms with Crippen molar-refractivity contribution in [1.29, 1.82) is 5.26 Å². The van der Waals surface area contributed by atoms with Gasteiger partial charge in [0.05, 0.1) is 19.2 Å². The summed E-state index contributed by atoms with van der Waals surface area (Å²) in [6.45, 7) is 3.36. The summed E-state index contributed by atoms with van der Waals surface area (Å²) in [6, 6.07) is 2.08. The van der Waals surface area contributed by atoms with E-state index < -0.39 is 0 Å². The van der Waals surface area contributed by atoms with E-state index in [1.54, 1.807) is 14.2 Å². The van der Waals surface area contributed by atoms with Crippen LogP contribution in [0.4, 0.5) is 0 Å². The van der Waals surface area contributed by atoms with Crippen molar-refractivity contribution in [3.8, 4) is 6.07 Å². The molecule has 0 fully saturated rings. The Kier molecular flexibility index (Phi) is 11.5. The molecule has 1 amide bonds. The van der Waals surface area contributed by atoms with Crippen LogP contribution in [0.25, 0.3) is 0 Å². The summed E-state index contributed by atoms with van der Waals surface area (Å²) in [5.41, 5.74) is 0. The average molecular weight is 257 g/mol. The molecular formula is C12H23N3O3. The van der Waals surface area contributed by atoms with E-state index in [1.165, 1.54) is 0 Å². The number of nitrogens with zero attached hydrogens (tertiary/aromatic N) is 2. The first kappa shape index (κ1) is 16.8. The Morgan fingerprint density at radius 1 is 1.28 bits per heavy atom. The fraction of sp³-hybridized carbons (Fsp3) is 0.833. The largest absolute Gasteiger partial charge is 0.385 e. The van der Waals surface area contributed by atoms with E-state index in [0.29, 0.717) is 45.8 Å². The Morgan fingerprint density at radius 2 is 2.00 bits per heavy atom. The van der Waals surface area contributed by atoms with Gasteiger partial charge in [0, 0.05) is 46.9 Å². The highest BCUT2D eigenvalue weighted by Gasteiger charge is 2.09. The van der Waals surface area contributed by atoms with E-state index in [4.69, 9.17) is 14.7 Å². The topological polar surface area (TPSA) is 74.6 Å². The van der Waals surface area contributed by atoms with Crippen LogP contribution in [-0.4, -0.2) is 64.4 Å². The molecule has 18 heavy (non-hydrogen) atoms. The van der Waals surface area contributed by atoms with Crippen molar-refractivity contribution in [2.24, 2.45) is 0 Å². The molecule has 6 heteroatoms. The van der Waals surface area contributed by atoms with Crippen LogP contribution in [0.2, 0.25) is 0 Å². The fourth-order valence-electron chi connectivity index (χ4n) is 1.40. The third-order valence-corrected chi connectivity index (χ3v) is 2.37. The van der Waals surface area contributed by atoms with Gasteiger partial charge in [0.25, 0.3) is 0 Å². The molecule has 6 nitrogen and oxygen atoms in total. The van der Waals surface area contributed by atoms with Crippen molar-refractivity contribution in [1.82, 2.24) is 10.2 Å². The molecule has 0 aromatic rings. The van der Waals surface area contributed by atoms with E-state index in [9.17, 15) is 4.79 Å². The number of carbonyl (C=O) groups is 1. The van der Waals surface area contributed by atoms with Gasteiger partial charge in [-0.15, -0.1) is 0 Å². The molecule has 0 aliphatic rings. The number of methoxy groups -OCH3 is 2. The molecular weight excluding hydrogens is 234 g/mol. The Labute approximate surface area is 109 Å². The van der Waals surface area contributed by atoms with Crippen LogP contribution in [-0.2, 0) is 14.3 Å². The van der Waals surface area contributed by atoms with Gasteiger partial charge in [-0.25, -0.2) is 0 Å². The first-order valence-electron chi connectivity index (χ1n) is 6.08. The predicted octanol–water partition coefficient (Wildman–Crippen LogP) is 0.00118. The van der Waals surface area contributed by atoms with Crippen LogP contribution in [0, 0.1) is 11.3 Å². The average Bonchev–Trinajstić information content (AvgIpc) is 2.38. The number of nitriles is 1. The molecule has 0 aliphatic heterocycles. The molecule has 0 aliphatic carbocycles. The van der Waals surface area contributed by atoms with Gasteiger partial charge in [-0.2, -0.15) is 5.26 Å². The molecule has 0 heterocycles. The van der Waals surface area contributed by atoms with Gasteiger partial charge >= 0.3 is 0 Å². The van der Waals surface area contributed by atoms with Crippen molar-refractivity contribution in [2.75, 3.05) is 53.6 Å². The molecule has 104 valence electrons. The standard InChI is InChI=1S/C12H23N3O3/c1-17-9-4-6-14-12(16)11-15(7-3-5-13)8-10-18-2/h3-4,6-11H2,1-2H3,(H,14,16). The maximum atomic E-state index is 11.6. The van der Waals surface area contributed by atoms with Gasteiger partial charge in [-0.05, 0) is 6.42 Å².